The largest absolute Gasteiger partial charge is 0.383 e. The zero-order chi connectivity index (χ0) is 20.8. The summed E-state index contributed by atoms with van der Waals surface area (Å²) in [5.41, 5.74) is 2.20. The van der Waals surface area contributed by atoms with Crippen molar-refractivity contribution < 1.29 is 5.11 Å². The zero-order valence-corrected chi connectivity index (χ0v) is 18.0. The van der Waals surface area contributed by atoms with E-state index in [1.165, 1.54) is 5.56 Å². The van der Waals surface area contributed by atoms with Gasteiger partial charge in [-0.3, -0.25) is 4.57 Å². The Hall–Kier alpha value is -2.21. The van der Waals surface area contributed by atoms with Gasteiger partial charge in [0.05, 0.1) is 0 Å². The Bertz CT molecular complexity index is 895. The average Bonchev–Trinajstić information content (AvgIpc) is 3.16. The van der Waals surface area contributed by atoms with Crippen molar-refractivity contribution in [3.05, 3.63) is 76.8 Å². The molecule has 2 unspecified atom stereocenters. The number of aromatic nitrogens is 3. The van der Waals surface area contributed by atoms with E-state index < -0.39 is 6.10 Å². The second-order valence-corrected chi connectivity index (χ2v) is 7.87. The smallest absolute Gasteiger partial charge is 0.168 e. The molecule has 154 valence electrons. The first-order valence-corrected chi connectivity index (χ1v) is 10.5. The van der Waals surface area contributed by atoms with Gasteiger partial charge in [-0.2, -0.15) is 0 Å². The van der Waals surface area contributed by atoms with E-state index in [2.05, 4.69) is 22.0 Å². The Balaban J connectivity index is 1.76. The van der Waals surface area contributed by atoms with Gasteiger partial charge in [-0.05, 0) is 56.6 Å². The molecule has 3 rings (SSSR count). The first-order chi connectivity index (χ1) is 14.0. The summed E-state index contributed by atoms with van der Waals surface area (Å²) in [5.74, 6) is 1.47. The Labute approximate surface area is 178 Å². The van der Waals surface area contributed by atoms with Crippen LogP contribution in [0.2, 0.25) is 5.02 Å². The second kappa shape index (κ2) is 10.0. The van der Waals surface area contributed by atoms with E-state index in [0.717, 1.165) is 42.3 Å². The monoisotopic (exact) mass is 412 g/mol. The highest BCUT2D eigenvalue weighted by Crippen LogP contribution is 2.24. The summed E-state index contributed by atoms with van der Waals surface area (Å²) < 4.78 is 2.00. The van der Waals surface area contributed by atoms with E-state index in [1.54, 1.807) is 0 Å². The van der Waals surface area contributed by atoms with Crippen LogP contribution in [0.5, 0.6) is 0 Å². The maximum Gasteiger partial charge on any atom is 0.168 e. The van der Waals surface area contributed by atoms with E-state index in [9.17, 15) is 5.11 Å². The van der Waals surface area contributed by atoms with E-state index >= 15 is 0 Å². The highest BCUT2D eigenvalue weighted by molar-refractivity contribution is 6.30. The SMILES string of the molecule is CCCc1nnc(C(O)C(C)N(C)CCc2ccc(Cl)cc2)n1-c1ccccc1. The highest BCUT2D eigenvalue weighted by Gasteiger charge is 2.27. The lowest BCUT2D eigenvalue weighted by Crippen LogP contribution is -2.36. The molecule has 1 heterocycles. The lowest BCUT2D eigenvalue weighted by Gasteiger charge is -2.28. The molecule has 0 saturated heterocycles. The fourth-order valence-electron chi connectivity index (χ4n) is 3.38. The molecule has 0 aliphatic carbocycles. The molecule has 0 aliphatic heterocycles. The van der Waals surface area contributed by atoms with Crippen LogP contribution in [0.25, 0.3) is 5.69 Å². The number of benzene rings is 2. The summed E-state index contributed by atoms with van der Waals surface area (Å²) in [6, 6.07) is 17.8. The minimum Gasteiger partial charge on any atom is -0.383 e. The molecular weight excluding hydrogens is 384 g/mol. The van der Waals surface area contributed by atoms with Gasteiger partial charge in [0.15, 0.2) is 5.82 Å². The molecule has 0 aliphatic rings. The Morgan fingerprint density at radius 3 is 2.38 bits per heavy atom. The predicted octanol–water partition coefficient (Wildman–Crippen LogP) is 4.47. The van der Waals surface area contributed by atoms with Crippen molar-refractivity contribution >= 4 is 11.6 Å². The number of aliphatic hydroxyl groups excluding tert-OH is 1. The molecule has 3 aromatic rings. The van der Waals surface area contributed by atoms with Crippen molar-refractivity contribution in [3.8, 4) is 5.69 Å². The summed E-state index contributed by atoms with van der Waals surface area (Å²) in [6.07, 6.45) is 1.92. The van der Waals surface area contributed by atoms with E-state index in [0.29, 0.717) is 5.82 Å². The maximum absolute atomic E-state index is 11.1. The normalized spacial score (nSPS) is 13.6. The van der Waals surface area contributed by atoms with Crippen LogP contribution >= 0.6 is 11.6 Å². The van der Waals surface area contributed by atoms with Crippen LogP contribution in [-0.2, 0) is 12.8 Å². The van der Waals surface area contributed by atoms with Crippen molar-refractivity contribution in [1.82, 2.24) is 19.7 Å². The van der Waals surface area contributed by atoms with Crippen molar-refractivity contribution in [1.29, 1.82) is 0 Å². The van der Waals surface area contributed by atoms with Gasteiger partial charge in [-0.25, -0.2) is 0 Å². The quantitative estimate of drug-likeness (QED) is 0.563. The zero-order valence-electron chi connectivity index (χ0n) is 17.3. The third kappa shape index (κ3) is 5.24. The lowest BCUT2D eigenvalue weighted by molar-refractivity contribution is 0.0652. The molecule has 0 saturated carbocycles. The fraction of sp³-hybridized carbons (Fsp3) is 0.391. The van der Waals surface area contributed by atoms with Gasteiger partial charge in [0.1, 0.15) is 11.9 Å². The molecule has 0 fully saturated rings. The summed E-state index contributed by atoms with van der Waals surface area (Å²) in [5, 5.41) is 20.6. The number of aryl methyl sites for hydroxylation is 1. The number of halogens is 1. The molecule has 0 amide bonds. The Kier molecular flexibility index (Phi) is 7.42. The molecule has 29 heavy (non-hydrogen) atoms. The molecule has 1 N–H and O–H groups in total. The predicted molar refractivity (Wildman–Crippen MR) is 118 cm³/mol. The van der Waals surface area contributed by atoms with Crippen molar-refractivity contribution in [2.75, 3.05) is 13.6 Å². The van der Waals surface area contributed by atoms with Gasteiger partial charge in [0.2, 0.25) is 0 Å². The van der Waals surface area contributed by atoms with Crippen LogP contribution in [0.3, 0.4) is 0 Å². The lowest BCUT2D eigenvalue weighted by atomic mass is 10.1. The Morgan fingerprint density at radius 2 is 1.72 bits per heavy atom. The van der Waals surface area contributed by atoms with Gasteiger partial charge in [-0.15, -0.1) is 10.2 Å². The molecular formula is C23H29ClN4O. The summed E-state index contributed by atoms with van der Waals surface area (Å²) in [7, 11) is 2.03. The third-order valence-corrected chi connectivity index (χ3v) is 5.58. The first kappa shape index (κ1) is 21.5. The van der Waals surface area contributed by atoms with Gasteiger partial charge >= 0.3 is 0 Å². The van der Waals surface area contributed by atoms with Crippen LogP contribution < -0.4 is 0 Å². The molecule has 0 radical (unpaired) electrons. The molecule has 2 atom stereocenters. The Morgan fingerprint density at radius 1 is 1.03 bits per heavy atom. The van der Waals surface area contributed by atoms with E-state index in [1.807, 2.05) is 73.1 Å². The van der Waals surface area contributed by atoms with E-state index in [-0.39, 0.29) is 6.04 Å². The highest BCUT2D eigenvalue weighted by atomic mass is 35.5. The van der Waals surface area contributed by atoms with Crippen LogP contribution in [-0.4, -0.2) is 44.4 Å². The number of nitrogens with zero attached hydrogens (tertiary/aromatic N) is 4. The van der Waals surface area contributed by atoms with Crippen LogP contribution in [0.1, 0.15) is 43.6 Å². The van der Waals surface area contributed by atoms with Crippen LogP contribution in [0.4, 0.5) is 0 Å². The average molecular weight is 413 g/mol. The molecule has 2 aromatic carbocycles. The van der Waals surface area contributed by atoms with Crippen molar-refractivity contribution in [2.24, 2.45) is 0 Å². The van der Waals surface area contributed by atoms with Gasteiger partial charge in [-0.1, -0.05) is 48.9 Å². The topological polar surface area (TPSA) is 54.2 Å². The number of hydrogen-bond acceptors (Lipinski definition) is 4. The third-order valence-electron chi connectivity index (χ3n) is 5.33. The molecule has 0 bridgehead atoms. The minimum absolute atomic E-state index is 0.108. The van der Waals surface area contributed by atoms with Gasteiger partial charge in [0.25, 0.3) is 0 Å². The van der Waals surface area contributed by atoms with Crippen LogP contribution in [0, 0.1) is 0 Å². The number of rotatable bonds is 9. The molecule has 1 aromatic heterocycles. The fourth-order valence-corrected chi connectivity index (χ4v) is 3.51. The van der Waals surface area contributed by atoms with Crippen molar-refractivity contribution in [2.45, 2.75) is 45.3 Å². The molecule has 6 heteroatoms. The number of para-hydroxylation sites is 1. The standard InChI is InChI=1S/C23H29ClN4O/c1-4-8-21-25-26-23(28(21)20-9-6-5-7-10-20)22(29)17(2)27(3)16-15-18-11-13-19(24)14-12-18/h5-7,9-14,17,22,29H,4,8,15-16H2,1-3H3. The summed E-state index contributed by atoms with van der Waals surface area (Å²) in [6.45, 7) is 4.96. The minimum atomic E-state index is -0.747. The molecule has 5 nitrogen and oxygen atoms in total. The second-order valence-electron chi connectivity index (χ2n) is 7.44. The van der Waals surface area contributed by atoms with E-state index in [4.69, 9.17) is 11.6 Å². The van der Waals surface area contributed by atoms with Gasteiger partial charge < -0.3 is 10.0 Å². The number of aliphatic hydroxyl groups is 1. The van der Waals surface area contributed by atoms with Crippen LogP contribution in [0.15, 0.2) is 54.6 Å². The van der Waals surface area contributed by atoms with Crippen molar-refractivity contribution in [3.63, 3.8) is 0 Å². The maximum atomic E-state index is 11.1. The number of hydrogen-bond donors (Lipinski definition) is 1. The molecule has 0 spiro atoms. The summed E-state index contributed by atoms with van der Waals surface area (Å²) >= 11 is 5.97. The van der Waals surface area contributed by atoms with Gasteiger partial charge in [0, 0.05) is 29.7 Å². The summed E-state index contributed by atoms with van der Waals surface area (Å²) in [4.78, 5) is 2.16. The number of likely N-dealkylation sites (N-methyl/N-ethyl adjacent to an activating group) is 1. The first-order valence-electron chi connectivity index (χ1n) is 10.1.